The molecule has 2 aliphatic rings. The van der Waals surface area contributed by atoms with Gasteiger partial charge < -0.3 is 24.5 Å². The highest BCUT2D eigenvalue weighted by Crippen LogP contribution is 2.27. The summed E-state index contributed by atoms with van der Waals surface area (Å²) in [7, 11) is 0. The second-order valence-electron chi connectivity index (χ2n) is 9.35. The van der Waals surface area contributed by atoms with E-state index < -0.39 is 11.9 Å². The molecule has 1 unspecified atom stereocenters. The van der Waals surface area contributed by atoms with Gasteiger partial charge in [0.15, 0.2) is 0 Å². The Kier molecular flexibility index (Phi) is 12.1. The topological polar surface area (TPSA) is 96.0 Å². The van der Waals surface area contributed by atoms with E-state index in [2.05, 4.69) is 46.2 Å². The molecule has 0 N–H and O–H groups in total. The van der Waals surface area contributed by atoms with Gasteiger partial charge in [0.05, 0.1) is 18.5 Å². The first kappa shape index (κ1) is 28.9. The molecule has 0 amide bonds. The van der Waals surface area contributed by atoms with Gasteiger partial charge in [-0.15, -0.1) is 0 Å². The van der Waals surface area contributed by atoms with Crippen molar-refractivity contribution in [3.05, 3.63) is 82.9 Å². The number of piperazine rings is 1. The Hall–Kier alpha value is -2.71. The van der Waals surface area contributed by atoms with Crippen molar-refractivity contribution in [1.29, 1.82) is 0 Å². The summed E-state index contributed by atoms with van der Waals surface area (Å²) >= 11 is 6.08. The number of hydrogen-bond donors (Lipinski definition) is 0. The van der Waals surface area contributed by atoms with E-state index in [1.54, 1.807) is 0 Å². The largest absolute Gasteiger partial charge is 0.545 e. The maximum Gasteiger partial charge on any atom is 0.108 e. The van der Waals surface area contributed by atoms with Crippen molar-refractivity contribution in [2.24, 2.45) is 0 Å². The summed E-state index contributed by atoms with van der Waals surface area (Å²) in [6.07, 6.45) is 7.81. The minimum absolute atomic E-state index is 0.0444. The number of carbonyl (C=O) groups excluding carboxylic acids is 2. The van der Waals surface area contributed by atoms with E-state index in [1.807, 2.05) is 18.2 Å². The van der Waals surface area contributed by atoms with E-state index in [4.69, 9.17) is 16.3 Å². The van der Waals surface area contributed by atoms with Crippen molar-refractivity contribution in [1.82, 2.24) is 9.80 Å². The third-order valence-electron chi connectivity index (χ3n) is 6.82. The van der Waals surface area contributed by atoms with Crippen LogP contribution in [0.25, 0.3) is 0 Å². The summed E-state index contributed by atoms with van der Waals surface area (Å²) in [6, 6.07) is 19.4. The van der Waals surface area contributed by atoms with Gasteiger partial charge in [0.25, 0.3) is 0 Å². The van der Waals surface area contributed by atoms with Gasteiger partial charge in [0, 0.05) is 43.8 Å². The van der Waals surface area contributed by atoms with Crippen LogP contribution in [0, 0.1) is 0 Å². The standard InChI is InChI=1S/C25H33ClN2O.C4H4O4/c26-23-13-11-22(12-14-23)25(21-7-3-1-4-8-21)29-20-19-27-15-17-28(18-16-27)24-9-5-2-6-10-24;5-3(6)1-2-4(7)8/h1,3-4,7-8,11-14,24-25H,2,5-6,9-10,15-20H2;1-2H,(H,5,6)(H,7,8)/p-2. The number of ether oxygens (including phenoxy) is 1. The van der Waals surface area contributed by atoms with E-state index in [0.29, 0.717) is 12.2 Å². The Balaban J connectivity index is 0.000000414. The van der Waals surface area contributed by atoms with Crippen molar-refractivity contribution in [2.45, 2.75) is 44.2 Å². The average molecular weight is 527 g/mol. The highest BCUT2D eigenvalue weighted by molar-refractivity contribution is 6.30. The highest BCUT2D eigenvalue weighted by atomic mass is 35.5. The summed E-state index contributed by atoms with van der Waals surface area (Å²) in [5.74, 6) is -3.09. The van der Waals surface area contributed by atoms with Crippen molar-refractivity contribution >= 4 is 23.5 Å². The van der Waals surface area contributed by atoms with Gasteiger partial charge in [-0.3, -0.25) is 9.80 Å². The molecule has 2 fully saturated rings. The van der Waals surface area contributed by atoms with Crippen LogP contribution in [0.1, 0.15) is 49.3 Å². The zero-order chi connectivity index (χ0) is 26.5. The molecule has 1 saturated carbocycles. The first-order valence-corrected chi connectivity index (χ1v) is 13.3. The van der Waals surface area contributed by atoms with Gasteiger partial charge in [-0.2, -0.15) is 0 Å². The molecule has 2 aromatic rings. The lowest BCUT2D eigenvalue weighted by molar-refractivity contribution is -0.301. The molecule has 1 atom stereocenters. The third-order valence-corrected chi connectivity index (χ3v) is 7.07. The fourth-order valence-corrected chi connectivity index (χ4v) is 5.01. The van der Waals surface area contributed by atoms with Gasteiger partial charge in [0.1, 0.15) is 6.10 Å². The Morgan fingerprint density at radius 2 is 1.43 bits per heavy atom. The highest BCUT2D eigenvalue weighted by Gasteiger charge is 2.25. The Labute approximate surface area is 224 Å². The number of benzene rings is 2. The SMILES string of the molecule is Clc1ccc(C(OCCN2CCN(C3CCCCC3)CC2)c2ccccc2)cc1.O=C([O-])C=CC(=O)[O-]. The van der Waals surface area contributed by atoms with Crippen LogP contribution in [0.2, 0.25) is 5.02 Å². The van der Waals surface area contributed by atoms with E-state index >= 15 is 0 Å². The van der Waals surface area contributed by atoms with E-state index in [9.17, 15) is 19.8 Å². The lowest BCUT2D eigenvalue weighted by Gasteiger charge is -2.40. The fourth-order valence-electron chi connectivity index (χ4n) is 4.88. The summed E-state index contributed by atoms with van der Waals surface area (Å²) in [6.45, 7) is 6.49. The first-order chi connectivity index (χ1) is 17.9. The predicted octanol–water partition coefficient (Wildman–Crippen LogP) is 2.44. The number of nitrogens with zero attached hydrogens (tertiary/aromatic N) is 2. The molecule has 37 heavy (non-hydrogen) atoms. The lowest BCUT2D eigenvalue weighted by Crippen LogP contribution is -2.51. The molecule has 1 saturated heterocycles. The number of aliphatic carboxylic acids is 2. The molecular formula is C29H35ClN2O5-2. The van der Waals surface area contributed by atoms with Crippen LogP contribution in [0.4, 0.5) is 0 Å². The normalized spacial score (nSPS) is 18.2. The quantitative estimate of drug-likeness (QED) is 0.463. The Morgan fingerprint density at radius 3 is 2.00 bits per heavy atom. The number of carboxylic acids is 2. The third kappa shape index (κ3) is 10.3. The number of halogens is 1. The van der Waals surface area contributed by atoms with Gasteiger partial charge in [-0.25, -0.2) is 0 Å². The summed E-state index contributed by atoms with van der Waals surface area (Å²) < 4.78 is 6.40. The van der Waals surface area contributed by atoms with E-state index in [-0.39, 0.29) is 6.10 Å². The van der Waals surface area contributed by atoms with Crippen LogP contribution in [0.15, 0.2) is 66.7 Å². The van der Waals surface area contributed by atoms with Crippen molar-refractivity contribution < 1.29 is 24.5 Å². The minimum atomic E-state index is -1.55. The number of carboxylic acid groups (broad SMARTS) is 2. The van der Waals surface area contributed by atoms with Crippen LogP contribution in [0.3, 0.4) is 0 Å². The molecule has 200 valence electrons. The average Bonchev–Trinajstić information content (AvgIpc) is 2.92. The maximum absolute atomic E-state index is 9.41. The van der Waals surface area contributed by atoms with Crippen LogP contribution < -0.4 is 10.2 Å². The maximum atomic E-state index is 9.41. The second kappa shape index (κ2) is 15.5. The van der Waals surface area contributed by atoms with Gasteiger partial charge in [0.2, 0.25) is 0 Å². The zero-order valence-corrected chi connectivity index (χ0v) is 21.9. The molecule has 1 heterocycles. The van der Waals surface area contributed by atoms with E-state index in [0.717, 1.165) is 42.9 Å². The smallest absolute Gasteiger partial charge is 0.108 e. The molecule has 0 bridgehead atoms. The molecule has 0 spiro atoms. The summed E-state index contributed by atoms with van der Waals surface area (Å²) in [5, 5.41) is 19.6. The number of carbonyl (C=O) groups is 2. The molecular weight excluding hydrogens is 492 g/mol. The zero-order valence-electron chi connectivity index (χ0n) is 21.1. The second-order valence-corrected chi connectivity index (χ2v) is 9.79. The lowest BCUT2D eigenvalue weighted by atomic mass is 9.94. The Bertz CT molecular complexity index is 969. The van der Waals surface area contributed by atoms with Crippen LogP contribution >= 0.6 is 11.6 Å². The summed E-state index contributed by atoms with van der Waals surface area (Å²) in [5.41, 5.74) is 2.35. The first-order valence-electron chi connectivity index (χ1n) is 12.9. The Morgan fingerprint density at radius 1 is 0.865 bits per heavy atom. The van der Waals surface area contributed by atoms with Gasteiger partial charge in [-0.05, 0) is 48.3 Å². The molecule has 8 heteroatoms. The molecule has 1 aliphatic carbocycles. The van der Waals surface area contributed by atoms with Gasteiger partial charge >= 0.3 is 0 Å². The van der Waals surface area contributed by atoms with Crippen molar-refractivity contribution in [3.63, 3.8) is 0 Å². The van der Waals surface area contributed by atoms with E-state index in [1.165, 1.54) is 50.8 Å². The van der Waals surface area contributed by atoms with Crippen LogP contribution in [-0.2, 0) is 14.3 Å². The van der Waals surface area contributed by atoms with Crippen LogP contribution in [-0.4, -0.2) is 67.1 Å². The fraction of sp³-hybridized carbons (Fsp3) is 0.448. The molecule has 0 aromatic heterocycles. The molecule has 4 rings (SSSR count). The summed E-state index contributed by atoms with van der Waals surface area (Å²) in [4.78, 5) is 24.1. The molecule has 2 aromatic carbocycles. The molecule has 0 radical (unpaired) electrons. The van der Waals surface area contributed by atoms with Crippen molar-refractivity contribution in [2.75, 3.05) is 39.3 Å². The molecule has 7 nitrogen and oxygen atoms in total. The minimum Gasteiger partial charge on any atom is -0.545 e. The number of hydrogen-bond acceptors (Lipinski definition) is 7. The number of rotatable bonds is 9. The monoisotopic (exact) mass is 526 g/mol. The molecule has 1 aliphatic heterocycles. The van der Waals surface area contributed by atoms with Gasteiger partial charge in [-0.1, -0.05) is 73.3 Å². The van der Waals surface area contributed by atoms with Crippen LogP contribution in [0.5, 0.6) is 0 Å². The van der Waals surface area contributed by atoms with Crippen molar-refractivity contribution in [3.8, 4) is 0 Å². The predicted molar refractivity (Wildman–Crippen MR) is 140 cm³/mol.